The number of nitrogens with zero attached hydrogens (tertiary/aromatic N) is 2. The van der Waals surface area contributed by atoms with Crippen LogP contribution in [0.3, 0.4) is 0 Å². The Balaban J connectivity index is 1.57. The van der Waals surface area contributed by atoms with E-state index in [1.54, 1.807) is 30.0 Å². The van der Waals surface area contributed by atoms with Gasteiger partial charge in [0.1, 0.15) is 11.5 Å². The molecular weight excluding hydrogens is 322 g/mol. The van der Waals surface area contributed by atoms with Gasteiger partial charge in [-0.15, -0.1) is 0 Å². The van der Waals surface area contributed by atoms with Gasteiger partial charge in [0.25, 0.3) is 11.8 Å². The largest absolute Gasteiger partial charge is 0.507 e. The predicted octanol–water partition coefficient (Wildman–Crippen LogP) is 2.03. The molecule has 1 aromatic carbocycles. The molecule has 1 aromatic heterocycles. The van der Waals surface area contributed by atoms with E-state index in [1.165, 1.54) is 6.07 Å². The minimum absolute atomic E-state index is 0.00701. The van der Waals surface area contributed by atoms with Crippen molar-refractivity contribution in [2.45, 2.75) is 32.7 Å². The van der Waals surface area contributed by atoms with Crippen molar-refractivity contribution < 1.29 is 19.2 Å². The van der Waals surface area contributed by atoms with Crippen molar-refractivity contribution in [3.8, 4) is 5.75 Å². The summed E-state index contributed by atoms with van der Waals surface area (Å²) in [6.07, 6.45) is 1.31. The SMILES string of the molecule is Cc1ccc(O)c(C(=O)N2CCC(NC(=O)c3cc(C)on3)CC2)c1. The number of aromatic nitrogens is 1. The summed E-state index contributed by atoms with van der Waals surface area (Å²) in [6, 6.07) is 6.57. The summed E-state index contributed by atoms with van der Waals surface area (Å²) in [5, 5.41) is 16.5. The van der Waals surface area contributed by atoms with E-state index in [1.807, 2.05) is 6.92 Å². The maximum atomic E-state index is 12.6. The van der Waals surface area contributed by atoms with E-state index in [-0.39, 0.29) is 29.3 Å². The zero-order valence-corrected chi connectivity index (χ0v) is 14.3. The third-order valence-electron chi connectivity index (χ3n) is 4.36. The van der Waals surface area contributed by atoms with E-state index in [0.717, 1.165) is 5.56 Å². The second-order valence-electron chi connectivity index (χ2n) is 6.38. The average Bonchev–Trinajstić information content (AvgIpc) is 3.04. The van der Waals surface area contributed by atoms with Crippen LogP contribution in [0.25, 0.3) is 0 Å². The number of rotatable bonds is 3. The molecule has 0 bridgehead atoms. The highest BCUT2D eigenvalue weighted by Gasteiger charge is 2.26. The molecule has 1 saturated heterocycles. The van der Waals surface area contributed by atoms with Gasteiger partial charge in [-0.2, -0.15) is 0 Å². The smallest absolute Gasteiger partial charge is 0.273 e. The van der Waals surface area contributed by atoms with Crippen LogP contribution in [0.15, 0.2) is 28.8 Å². The summed E-state index contributed by atoms with van der Waals surface area (Å²) in [6.45, 7) is 4.65. The molecule has 1 aliphatic heterocycles. The molecule has 0 aliphatic carbocycles. The molecule has 2 N–H and O–H groups in total. The summed E-state index contributed by atoms with van der Waals surface area (Å²) in [4.78, 5) is 26.4. The average molecular weight is 343 g/mol. The highest BCUT2D eigenvalue weighted by atomic mass is 16.5. The van der Waals surface area contributed by atoms with Crippen LogP contribution in [0.2, 0.25) is 0 Å². The summed E-state index contributed by atoms with van der Waals surface area (Å²) in [5.41, 5.74) is 1.51. The zero-order valence-electron chi connectivity index (χ0n) is 14.3. The Kier molecular flexibility index (Phi) is 4.74. The van der Waals surface area contributed by atoms with E-state index in [4.69, 9.17) is 4.52 Å². The molecule has 132 valence electrons. The molecule has 1 aliphatic rings. The third-order valence-corrected chi connectivity index (χ3v) is 4.36. The van der Waals surface area contributed by atoms with Crippen molar-refractivity contribution in [1.29, 1.82) is 0 Å². The number of carbonyl (C=O) groups excluding carboxylic acids is 2. The van der Waals surface area contributed by atoms with Crippen LogP contribution >= 0.6 is 0 Å². The van der Waals surface area contributed by atoms with Gasteiger partial charge in [0.05, 0.1) is 5.56 Å². The number of carbonyl (C=O) groups is 2. The second kappa shape index (κ2) is 6.96. The van der Waals surface area contributed by atoms with Crippen molar-refractivity contribution in [3.05, 3.63) is 46.8 Å². The monoisotopic (exact) mass is 343 g/mol. The van der Waals surface area contributed by atoms with Crippen LogP contribution in [-0.4, -0.2) is 46.1 Å². The number of piperidine rings is 1. The maximum absolute atomic E-state index is 12.6. The van der Waals surface area contributed by atoms with Gasteiger partial charge in [-0.05, 0) is 38.8 Å². The number of hydrogen-bond donors (Lipinski definition) is 2. The first-order valence-electron chi connectivity index (χ1n) is 8.27. The van der Waals surface area contributed by atoms with E-state index >= 15 is 0 Å². The number of likely N-dealkylation sites (tertiary alicyclic amines) is 1. The fourth-order valence-corrected chi connectivity index (χ4v) is 2.95. The number of nitrogens with one attached hydrogen (secondary N) is 1. The van der Waals surface area contributed by atoms with Crippen molar-refractivity contribution in [3.63, 3.8) is 0 Å². The Hall–Kier alpha value is -2.83. The normalized spacial score (nSPS) is 15.2. The Morgan fingerprint density at radius 3 is 2.60 bits per heavy atom. The highest BCUT2D eigenvalue weighted by Crippen LogP contribution is 2.22. The Morgan fingerprint density at radius 1 is 1.24 bits per heavy atom. The first kappa shape index (κ1) is 17.0. The van der Waals surface area contributed by atoms with Crippen LogP contribution in [0, 0.1) is 13.8 Å². The van der Waals surface area contributed by atoms with Gasteiger partial charge in [0, 0.05) is 25.2 Å². The molecule has 7 nitrogen and oxygen atoms in total. The Labute approximate surface area is 145 Å². The van der Waals surface area contributed by atoms with E-state index in [2.05, 4.69) is 10.5 Å². The molecule has 0 spiro atoms. The fraction of sp³-hybridized carbons (Fsp3) is 0.389. The molecule has 7 heteroatoms. The van der Waals surface area contributed by atoms with Crippen molar-refractivity contribution in [2.75, 3.05) is 13.1 Å². The molecule has 0 atom stereocenters. The number of benzene rings is 1. The molecule has 1 fully saturated rings. The van der Waals surface area contributed by atoms with Gasteiger partial charge in [-0.3, -0.25) is 9.59 Å². The molecule has 2 heterocycles. The zero-order chi connectivity index (χ0) is 18.0. The van der Waals surface area contributed by atoms with Crippen molar-refractivity contribution in [2.24, 2.45) is 0 Å². The fourth-order valence-electron chi connectivity index (χ4n) is 2.95. The van der Waals surface area contributed by atoms with Crippen LogP contribution in [0.1, 0.15) is 45.0 Å². The lowest BCUT2D eigenvalue weighted by molar-refractivity contribution is 0.0694. The standard InChI is InChI=1S/C18H21N3O4/c1-11-3-4-16(22)14(9-11)18(24)21-7-5-13(6-8-21)19-17(23)15-10-12(2)25-20-15/h3-4,9-10,13,22H,5-8H2,1-2H3,(H,19,23). The van der Waals surface area contributed by atoms with Crippen molar-refractivity contribution >= 4 is 11.8 Å². The van der Waals surface area contributed by atoms with Crippen LogP contribution in [0.5, 0.6) is 5.75 Å². The molecule has 2 aromatic rings. The molecule has 2 amide bonds. The van der Waals surface area contributed by atoms with Crippen LogP contribution in [0.4, 0.5) is 0 Å². The number of phenolic OH excluding ortho intramolecular Hbond substituents is 1. The van der Waals surface area contributed by atoms with E-state index < -0.39 is 0 Å². The number of aryl methyl sites for hydroxylation is 2. The van der Waals surface area contributed by atoms with Crippen LogP contribution < -0.4 is 5.32 Å². The minimum atomic E-state index is -0.266. The lowest BCUT2D eigenvalue weighted by atomic mass is 10.0. The minimum Gasteiger partial charge on any atom is -0.507 e. The predicted molar refractivity (Wildman–Crippen MR) is 90.5 cm³/mol. The molecule has 0 radical (unpaired) electrons. The van der Waals surface area contributed by atoms with Gasteiger partial charge < -0.3 is 19.8 Å². The molecule has 0 saturated carbocycles. The summed E-state index contributed by atoms with van der Waals surface area (Å²) < 4.78 is 4.91. The highest BCUT2D eigenvalue weighted by molar-refractivity contribution is 5.97. The Morgan fingerprint density at radius 2 is 1.96 bits per heavy atom. The lowest BCUT2D eigenvalue weighted by Crippen LogP contribution is -2.46. The lowest BCUT2D eigenvalue weighted by Gasteiger charge is -2.32. The van der Waals surface area contributed by atoms with Gasteiger partial charge in [-0.25, -0.2) is 0 Å². The second-order valence-corrected chi connectivity index (χ2v) is 6.38. The molecule has 3 rings (SSSR count). The van der Waals surface area contributed by atoms with Gasteiger partial charge in [0.2, 0.25) is 0 Å². The van der Waals surface area contributed by atoms with Gasteiger partial charge in [0.15, 0.2) is 5.69 Å². The van der Waals surface area contributed by atoms with Crippen molar-refractivity contribution in [1.82, 2.24) is 15.4 Å². The van der Waals surface area contributed by atoms with E-state index in [0.29, 0.717) is 37.3 Å². The summed E-state index contributed by atoms with van der Waals surface area (Å²) in [5.74, 6) is 0.131. The number of phenols is 1. The molecule has 25 heavy (non-hydrogen) atoms. The van der Waals surface area contributed by atoms with E-state index in [9.17, 15) is 14.7 Å². The van der Waals surface area contributed by atoms with Gasteiger partial charge >= 0.3 is 0 Å². The maximum Gasteiger partial charge on any atom is 0.273 e. The number of amides is 2. The third kappa shape index (κ3) is 3.81. The topological polar surface area (TPSA) is 95.7 Å². The number of hydrogen-bond acceptors (Lipinski definition) is 5. The molecule has 0 unspecified atom stereocenters. The quantitative estimate of drug-likeness (QED) is 0.889. The molecular formula is C18H21N3O4. The Bertz CT molecular complexity index is 791. The first-order valence-corrected chi connectivity index (χ1v) is 8.27. The first-order chi connectivity index (χ1) is 11.9. The summed E-state index contributed by atoms with van der Waals surface area (Å²) >= 11 is 0. The summed E-state index contributed by atoms with van der Waals surface area (Å²) in [7, 11) is 0. The van der Waals surface area contributed by atoms with Crippen LogP contribution in [-0.2, 0) is 0 Å². The number of aromatic hydroxyl groups is 1. The van der Waals surface area contributed by atoms with Gasteiger partial charge in [-0.1, -0.05) is 16.8 Å².